The van der Waals surface area contributed by atoms with Crippen molar-refractivity contribution in [3.05, 3.63) is 94.3 Å². The van der Waals surface area contributed by atoms with E-state index in [9.17, 15) is 9.59 Å². The Morgan fingerprint density at radius 2 is 1.72 bits per heavy atom. The number of benzene rings is 3. The predicted molar refractivity (Wildman–Crippen MR) is 139 cm³/mol. The number of hydrogen-bond acceptors (Lipinski definition) is 6. The molecule has 0 atom stereocenters. The maximum atomic E-state index is 13.5. The molecule has 0 N–H and O–H groups in total. The van der Waals surface area contributed by atoms with E-state index in [1.54, 1.807) is 29.9 Å². The lowest BCUT2D eigenvalue weighted by atomic mass is 10.00. The number of carbonyl (C=O) groups excluding carboxylic acids is 1. The minimum atomic E-state index is -0.185. The van der Waals surface area contributed by atoms with Gasteiger partial charge in [-0.25, -0.2) is 4.57 Å². The van der Waals surface area contributed by atoms with E-state index in [0.29, 0.717) is 46.4 Å². The molecule has 0 aliphatic carbocycles. The summed E-state index contributed by atoms with van der Waals surface area (Å²) in [4.78, 5) is 28.4. The molecule has 36 heavy (non-hydrogen) atoms. The highest BCUT2D eigenvalue weighted by Crippen LogP contribution is 2.25. The topological polar surface area (TPSA) is 81.7 Å². The van der Waals surface area contributed by atoms with E-state index in [1.807, 2.05) is 51.8 Å². The third-order valence-electron chi connectivity index (χ3n) is 6.53. The Balaban J connectivity index is 1.36. The van der Waals surface area contributed by atoms with Gasteiger partial charge in [-0.15, -0.1) is 10.2 Å². The summed E-state index contributed by atoms with van der Waals surface area (Å²) < 4.78 is 8.66. The largest absolute Gasteiger partial charge is 0.497 e. The van der Waals surface area contributed by atoms with Crippen LogP contribution in [0.3, 0.4) is 0 Å². The smallest absolute Gasteiger partial charge is 0.267 e. The molecule has 0 radical (unpaired) electrons. The monoisotopic (exact) mass is 497 g/mol. The van der Waals surface area contributed by atoms with Crippen molar-refractivity contribution < 1.29 is 9.53 Å². The zero-order valence-electron chi connectivity index (χ0n) is 19.6. The zero-order chi connectivity index (χ0) is 24.6. The van der Waals surface area contributed by atoms with Gasteiger partial charge in [0, 0.05) is 13.1 Å². The normalized spacial score (nSPS) is 13.2. The second-order valence-corrected chi connectivity index (χ2v) is 9.54. The summed E-state index contributed by atoms with van der Waals surface area (Å²) in [5.74, 6) is 1.38. The zero-order valence-corrected chi connectivity index (χ0v) is 20.4. The third kappa shape index (κ3) is 3.81. The van der Waals surface area contributed by atoms with Gasteiger partial charge < -0.3 is 9.64 Å². The number of nitrogens with zero attached hydrogens (tertiary/aromatic N) is 5. The first-order valence-electron chi connectivity index (χ1n) is 11.6. The van der Waals surface area contributed by atoms with E-state index in [0.717, 1.165) is 6.42 Å². The molecular weight excluding hydrogens is 474 g/mol. The minimum absolute atomic E-state index is 0.0547. The maximum absolute atomic E-state index is 13.5. The highest BCUT2D eigenvalue weighted by molar-refractivity contribution is 7.99. The van der Waals surface area contributed by atoms with Crippen molar-refractivity contribution >= 4 is 34.3 Å². The van der Waals surface area contributed by atoms with E-state index >= 15 is 0 Å². The molecule has 1 amide bonds. The van der Waals surface area contributed by atoms with Crippen LogP contribution in [0.4, 0.5) is 0 Å². The molecule has 9 heteroatoms. The fraction of sp³-hybridized carbons (Fsp3) is 0.185. The van der Waals surface area contributed by atoms with Gasteiger partial charge in [-0.05, 0) is 53.9 Å². The van der Waals surface area contributed by atoms with Crippen molar-refractivity contribution in [2.45, 2.75) is 18.1 Å². The number of amides is 1. The van der Waals surface area contributed by atoms with Crippen LogP contribution in [0.15, 0.2) is 82.7 Å². The van der Waals surface area contributed by atoms with E-state index in [-0.39, 0.29) is 17.2 Å². The van der Waals surface area contributed by atoms with Crippen molar-refractivity contribution in [3.8, 4) is 11.4 Å². The van der Waals surface area contributed by atoms with Gasteiger partial charge in [-0.2, -0.15) is 0 Å². The van der Waals surface area contributed by atoms with Crippen LogP contribution in [0.2, 0.25) is 0 Å². The molecule has 1 aliphatic heterocycles. The third-order valence-corrected chi connectivity index (χ3v) is 7.45. The molecule has 6 rings (SSSR count). The standard InChI is InChI=1S/C27H23N5O3S/c1-35-21-12-10-20(11-13-21)31-25(34)22-8-4-5-9-23(22)32-26(31)28-29-27(32)36-17-24(33)30-15-14-18-6-2-3-7-19(18)16-30/h2-13H,14-17H2,1H3. The van der Waals surface area contributed by atoms with Crippen LogP contribution in [0.25, 0.3) is 22.4 Å². The second kappa shape index (κ2) is 9.16. The number of thioether (sulfide) groups is 1. The first-order chi connectivity index (χ1) is 17.6. The molecule has 3 heterocycles. The van der Waals surface area contributed by atoms with Crippen LogP contribution in [-0.2, 0) is 17.8 Å². The van der Waals surface area contributed by atoms with Crippen molar-refractivity contribution in [1.82, 2.24) is 24.1 Å². The molecule has 180 valence electrons. The van der Waals surface area contributed by atoms with E-state index in [2.05, 4.69) is 22.3 Å². The van der Waals surface area contributed by atoms with Gasteiger partial charge in [0.25, 0.3) is 5.56 Å². The van der Waals surface area contributed by atoms with Crippen molar-refractivity contribution in [3.63, 3.8) is 0 Å². The van der Waals surface area contributed by atoms with Gasteiger partial charge in [0.05, 0.1) is 29.5 Å². The van der Waals surface area contributed by atoms with Crippen LogP contribution in [0.1, 0.15) is 11.1 Å². The molecule has 0 fully saturated rings. The van der Waals surface area contributed by atoms with Crippen LogP contribution in [0, 0.1) is 0 Å². The number of para-hydroxylation sites is 1. The van der Waals surface area contributed by atoms with Crippen LogP contribution >= 0.6 is 11.8 Å². The summed E-state index contributed by atoms with van der Waals surface area (Å²) in [6, 6.07) is 22.9. The lowest BCUT2D eigenvalue weighted by molar-refractivity contribution is -0.129. The predicted octanol–water partition coefficient (Wildman–Crippen LogP) is 3.72. The Labute approximate surface area is 211 Å². The minimum Gasteiger partial charge on any atom is -0.497 e. The molecule has 1 aliphatic rings. The van der Waals surface area contributed by atoms with Gasteiger partial charge in [-0.1, -0.05) is 48.2 Å². The summed E-state index contributed by atoms with van der Waals surface area (Å²) in [7, 11) is 1.60. The van der Waals surface area contributed by atoms with Crippen LogP contribution in [-0.4, -0.2) is 49.4 Å². The van der Waals surface area contributed by atoms with E-state index in [4.69, 9.17) is 4.74 Å². The summed E-state index contributed by atoms with van der Waals surface area (Å²) in [5, 5.41) is 9.86. The Kier molecular flexibility index (Phi) is 5.69. The fourth-order valence-electron chi connectivity index (χ4n) is 4.66. The van der Waals surface area contributed by atoms with Gasteiger partial charge >= 0.3 is 0 Å². The highest BCUT2D eigenvalue weighted by Gasteiger charge is 2.23. The molecule has 8 nitrogen and oxygen atoms in total. The number of aromatic nitrogens is 4. The summed E-state index contributed by atoms with van der Waals surface area (Å²) in [6.07, 6.45) is 0.860. The summed E-state index contributed by atoms with van der Waals surface area (Å²) >= 11 is 1.33. The molecular formula is C27H23N5O3S. The Hall–Kier alpha value is -4.11. The van der Waals surface area contributed by atoms with Gasteiger partial charge in [-0.3, -0.25) is 14.0 Å². The molecule has 5 aromatic rings. The summed E-state index contributed by atoms with van der Waals surface area (Å²) in [5.41, 5.74) is 3.68. The Morgan fingerprint density at radius 1 is 0.972 bits per heavy atom. The summed E-state index contributed by atoms with van der Waals surface area (Å²) in [6.45, 7) is 1.33. The number of methoxy groups -OCH3 is 1. The van der Waals surface area contributed by atoms with Crippen LogP contribution in [0.5, 0.6) is 5.75 Å². The molecule has 0 bridgehead atoms. The first kappa shape index (κ1) is 22.4. The number of hydrogen-bond donors (Lipinski definition) is 0. The molecule has 0 unspecified atom stereocenters. The second-order valence-electron chi connectivity index (χ2n) is 8.60. The lowest BCUT2D eigenvalue weighted by Gasteiger charge is -2.28. The van der Waals surface area contributed by atoms with E-state index < -0.39 is 0 Å². The van der Waals surface area contributed by atoms with Gasteiger partial charge in [0.1, 0.15) is 5.75 Å². The molecule has 0 spiro atoms. The van der Waals surface area contributed by atoms with Gasteiger partial charge in [0.15, 0.2) is 5.16 Å². The molecule has 3 aromatic carbocycles. The first-order valence-corrected chi connectivity index (χ1v) is 12.6. The highest BCUT2D eigenvalue weighted by atomic mass is 32.2. The molecule has 0 saturated carbocycles. The van der Waals surface area contributed by atoms with Gasteiger partial charge in [0.2, 0.25) is 11.7 Å². The Morgan fingerprint density at radius 3 is 2.53 bits per heavy atom. The maximum Gasteiger partial charge on any atom is 0.267 e. The number of carbonyl (C=O) groups is 1. The average Bonchev–Trinajstić information content (AvgIpc) is 3.35. The molecule has 2 aromatic heterocycles. The molecule has 0 saturated heterocycles. The van der Waals surface area contributed by atoms with Crippen molar-refractivity contribution in [2.24, 2.45) is 0 Å². The number of fused-ring (bicyclic) bond motifs is 4. The fourth-order valence-corrected chi connectivity index (χ4v) is 5.51. The van der Waals surface area contributed by atoms with Crippen molar-refractivity contribution in [2.75, 3.05) is 19.4 Å². The Bertz CT molecular complexity index is 1660. The lowest BCUT2D eigenvalue weighted by Crippen LogP contribution is -2.37. The van der Waals surface area contributed by atoms with E-state index in [1.165, 1.54) is 22.9 Å². The SMILES string of the molecule is COc1ccc(-n2c(=O)c3ccccc3n3c(SCC(=O)N4CCc5ccccc5C4)nnc23)cc1. The quantitative estimate of drug-likeness (QED) is 0.344. The number of ether oxygens (including phenoxy) is 1. The average molecular weight is 498 g/mol. The van der Waals surface area contributed by atoms with Crippen molar-refractivity contribution in [1.29, 1.82) is 0 Å². The number of rotatable bonds is 5. The van der Waals surface area contributed by atoms with Crippen LogP contribution < -0.4 is 10.3 Å².